The van der Waals surface area contributed by atoms with Gasteiger partial charge in [-0.3, -0.25) is 13.9 Å². The molecule has 28 heavy (non-hydrogen) atoms. The number of carbonyl (C=O) groups excluding carboxylic acids is 2. The van der Waals surface area contributed by atoms with E-state index < -0.39 is 27.6 Å². The van der Waals surface area contributed by atoms with Gasteiger partial charge in [0, 0.05) is 30.3 Å². The van der Waals surface area contributed by atoms with E-state index in [1.165, 1.54) is 24.3 Å². The van der Waals surface area contributed by atoms with E-state index in [9.17, 15) is 26.8 Å². The van der Waals surface area contributed by atoms with Gasteiger partial charge in [0.25, 0.3) is 0 Å². The Morgan fingerprint density at radius 2 is 1.71 bits per heavy atom. The number of primary amides is 1. The average Bonchev–Trinajstić information content (AvgIpc) is 2.60. The van der Waals surface area contributed by atoms with Crippen molar-refractivity contribution in [1.29, 1.82) is 0 Å². The molecule has 0 unspecified atom stereocenters. The molecule has 0 atom stereocenters. The zero-order valence-corrected chi connectivity index (χ0v) is 15.8. The summed E-state index contributed by atoms with van der Waals surface area (Å²) in [6.07, 6.45) is 1.08. The van der Waals surface area contributed by atoms with E-state index in [0.29, 0.717) is 11.3 Å². The fourth-order valence-electron chi connectivity index (χ4n) is 2.45. The third kappa shape index (κ3) is 5.74. The summed E-state index contributed by atoms with van der Waals surface area (Å²) in [5, 5.41) is 2.61. The maximum absolute atomic E-state index is 13.4. The van der Waals surface area contributed by atoms with Gasteiger partial charge in [0.2, 0.25) is 21.8 Å². The first-order valence-corrected chi connectivity index (χ1v) is 10.1. The van der Waals surface area contributed by atoms with Crippen LogP contribution in [0.2, 0.25) is 0 Å². The van der Waals surface area contributed by atoms with Gasteiger partial charge in [-0.1, -0.05) is 0 Å². The van der Waals surface area contributed by atoms with Crippen molar-refractivity contribution in [2.45, 2.75) is 12.8 Å². The molecule has 0 spiro atoms. The third-order valence-electron chi connectivity index (χ3n) is 3.81. The van der Waals surface area contributed by atoms with Crippen LogP contribution in [0.15, 0.2) is 42.5 Å². The molecule has 2 aromatic carbocycles. The van der Waals surface area contributed by atoms with Crippen molar-refractivity contribution < 1.29 is 26.8 Å². The molecule has 2 rings (SSSR count). The topological polar surface area (TPSA) is 110 Å². The Labute approximate surface area is 161 Å². The Hall–Kier alpha value is -3.01. The van der Waals surface area contributed by atoms with Crippen LogP contribution in [0.4, 0.5) is 20.2 Å². The highest BCUT2D eigenvalue weighted by molar-refractivity contribution is 7.92. The van der Waals surface area contributed by atoms with Crippen molar-refractivity contribution in [3.8, 4) is 0 Å². The standard InChI is InChI=1S/C18H19F2N3O4S/c1-28(26,27)23(14-8-9-15(19)16(20)11-14)10-2-3-17(24)22-13-6-4-12(5-7-13)18(21)25/h4-9,11H,2-3,10H2,1H3,(H2,21,25)(H,22,24). The maximum atomic E-state index is 13.4. The number of amides is 2. The smallest absolute Gasteiger partial charge is 0.248 e. The number of sulfonamides is 1. The largest absolute Gasteiger partial charge is 0.366 e. The van der Waals surface area contributed by atoms with Crippen molar-refractivity contribution in [2.24, 2.45) is 5.73 Å². The summed E-state index contributed by atoms with van der Waals surface area (Å²) in [5.74, 6) is -3.20. The molecule has 0 heterocycles. The lowest BCUT2D eigenvalue weighted by Crippen LogP contribution is -2.31. The van der Waals surface area contributed by atoms with Crippen LogP contribution in [-0.4, -0.2) is 33.0 Å². The number of anilines is 2. The van der Waals surface area contributed by atoms with Crippen LogP contribution < -0.4 is 15.4 Å². The lowest BCUT2D eigenvalue weighted by Gasteiger charge is -2.22. The Kier molecular flexibility index (Phi) is 6.68. The molecule has 10 heteroatoms. The van der Waals surface area contributed by atoms with Gasteiger partial charge in [-0.15, -0.1) is 0 Å². The Morgan fingerprint density at radius 1 is 1.07 bits per heavy atom. The van der Waals surface area contributed by atoms with Crippen LogP contribution in [0.1, 0.15) is 23.2 Å². The van der Waals surface area contributed by atoms with E-state index in [4.69, 9.17) is 5.73 Å². The Bertz CT molecular complexity index is 979. The number of nitrogens with zero attached hydrogens (tertiary/aromatic N) is 1. The minimum Gasteiger partial charge on any atom is -0.366 e. The van der Waals surface area contributed by atoms with Crippen molar-refractivity contribution in [3.05, 3.63) is 59.7 Å². The molecule has 7 nitrogen and oxygen atoms in total. The minimum absolute atomic E-state index is 0.00668. The molecule has 0 radical (unpaired) electrons. The number of carbonyl (C=O) groups is 2. The van der Waals surface area contributed by atoms with E-state index in [2.05, 4.69) is 5.32 Å². The summed E-state index contributed by atoms with van der Waals surface area (Å²) >= 11 is 0. The van der Waals surface area contributed by atoms with Crippen LogP contribution in [0, 0.1) is 11.6 Å². The first-order valence-electron chi connectivity index (χ1n) is 8.20. The molecule has 0 bridgehead atoms. The first-order chi connectivity index (χ1) is 13.1. The summed E-state index contributed by atoms with van der Waals surface area (Å²) < 4.78 is 51.3. The number of rotatable bonds is 8. The zero-order chi connectivity index (χ0) is 20.9. The molecule has 0 fully saturated rings. The molecular weight excluding hydrogens is 392 g/mol. The monoisotopic (exact) mass is 411 g/mol. The van der Waals surface area contributed by atoms with Crippen LogP contribution >= 0.6 is 0 Å². The van der Waals surface area contributed by atoms with Crippen LogP contribution in [0.25, 0.3) is 0 Å². The average molecular weight is 411 g/mol. The number of nitrogens with one attached hydrogen (secondary N) is 1. The molecule has 0 aliphatic heterocycles. The molecule has 0 aliphatic carbocycles. The Balaban J connectivity index is 1.97. The van der Waals surface area contributed by atoms with Gasteiger partial charge in [0.15, 0.2) is 11.6 Å². The van der Waals surface area contributed by atoms with Crippen molar-refractivity contribution in [3.63, 3.8) is 0 Å². The summed E-state index contributed by atoms with van der Waals surface area (Å²) in [6, 6.07) is 8.74. The molecule has 2 aromatic rings. The summed E-state index contributed by atoms with van der Waals surface area (Å²) in [6.45, 7) is -0.0854. The number of hydrogen-bond donors (Lipinski definition) is 2. The lowest BCUT2D eigenvalue weighted by molar-refractivity contribution is -0.116. The van der Waals surface area contributed by atoms with Crippen molar-refractivity contribution in [1.82, 2.24) is 0 Å². The van der Waals surface area contributed by atoms with E-state index >= 15 is 0 Å². The normalized spacial score (nSPS) is 11.1. The Morgan fingerprint density at radius 3 is 2.25 bits per heavy atom. The molecular formula is C18H19F2N3O4S. The number of nitrogens with two attached hydrogens (primary N) is 1. The first kappa shape index (κ1) is 21.3. The summed E-state index contributed by atoms with van der Waals surface area (Å²) in [4.78, 5) is 23.0. The van der Waals surface area contributed by atoms with E-state index in [1.54, 1.807) is 0 Å². The highest BCUT2D eigenvalue weighted by Gasteiger charge is 2.19. The van der Waals surface area contributed by atoms with Gasteiger partial charge in [0.1, 0.15) is 0 Å². The fraction of sp³-hybridized carbons (Fsp3) is 0.222. The van der Waals surface area contributed by atoms with Crippen molar-refractivity contribution >= 4 is 33.2 Å². The second-order valence-electron chi connectivity index (χ2n) is 6.03. The fourth-order valence-corrected chi connectivity index (χ4v) is 3.41. The predicted molar refractivity (Wildman–Crippen MR) is 101 cm³/mol. The summed E-state index contributed by atoms with van der Waals surface area (Å²) in [7, 11) is -3.75. The van der Waals surface area contributed by atoms with Gasteiger partial charge in [-0.05, 0) is 42.8 Å². The molecule has 0 saturated carbocycles. The zero-order valence-electron chi connectivity index (χ0n) is 15.0. The highest BCUT2D eigenvalue weighted by atomic mass is 32.2. The quantitative estimate of drug-likeness (QED) is 0.694. The summed E-state index contributed by atoms with van der Waals surface area (Å²) in [5.41, 5.74) is 5.86. The molecule has 2 amide bonds. The molecule has 0 saturated heterocycles. The molecule has 0 aromatic heterocycles. The minimum atomic E-state index is -3.75. The van der Waals surface area contributed by atoms with Crippen LogP contribution in [0.3, 0.4) is 0 Å². The SMILES string of the molecule is CS(=O)(=O)N(CCCC(=O)Nc1ccc(C(N)=O)cc1)c1ccc(F)c(F)c1. The van der Waals surface area contributed by atoms with Crippen LogP contribution in [0.5, 0.6) is 0 Å². The second kappa shape index (κ2) is 8.79. The molecule has 3 N–H and O–H groups in total. The second-order valence-corrected chi connectivity index (χ2v) is 7.93. The van der Waals surface area contributed by atoms with Crippen LogP contribution in [-0.2, 0) is 14.8 Å². The molecule has 0 aliphatic rings. The number of hydrogen-bond acceptors (Lipinski definition) is 4. The van der Waals surface area contributed by atoms with E-state index in [-0.39, 0.29) is 31.0 Å². The van der Waals surface area contributed by atoms with Crippen molar-refractivity contribution in [2.75, 3.05) is 22.4 Å². The van der Waals surface area contributed by atoms with E-state index in [1.807, 2.05) is 0 Å². The predicted octanol–water partition coefficient (Wildman–Crippen LogP) is 2.25. The maximum Gasteiger partial charge on any atom is 0.248 e. The number of halogens is 2. The van der Waals surface area contributed by atoms with Gasteiger partial charge in [-0.2, -0.15) is 0 Å². The highest BCUT2D eigenvalue weighted by Crippen LogP contribution is 2.21. The van der Waals surface area contributed by atoms with E-state index in [0.717, 1.165) is 28.8 Å². The molecule has 150 valence electrons. The lowest BCUT2D eigenvalue weighted by atomic mass is 10.2. The van der Waals surface area contributed by atoms with Gasteiger partial charge < -0.3 is 11.1 Å². The van der Waals surface area contributed by atoms with Gasteiger partial charge in [-0.25, -0.2) is 17.2 Å². The van der Waals surface area contributed by atoms with Gasteiger partial charge >= 0.3 is 0 Å². The third-order valence-corrected chi connectivity index (χ3v) is 5.00. The van der Waals surface area contributed by atoms with Gasteiger partial charge in [0.05, 0.1) is 11.9 Å². The number of benzene rings is 2.